The van der Waals surface area contributed by atoms with E-state index in [-0.39, 0.29) is 23.4 Å². The van der Waals surface area contributed by atoms with Crippen molar-refractivity contribution in [3.8, 4) is 11.3 Å². The van der Waals surface area contributed by atoms with Crippen LogP contribution in [0, 0.1) is 6.92 Å². The summed E-state index contributed by atoms with van der Waals surface area (Å²) < 4.78 is 3.34. The minimum atomic E-state index is -0.855. The largest absolute Gasteiger partial charge is 0.369 e. The predicted octanol–water partition coefficient (Wildman–Crippen LogP) is 2.23. The van der Waals surface area contributed by atoms with Crippen molar-refractivity contribution >= 4 is 34.7 Å². The number of aromatic amines is 1. The molecule has 0 bridgehead atoms. The second-order valence-electron chi connectivity index (χ2n) is 11.1. The van der Waals surface area contributed by atoms with Crippen molar-refractivity contribution < 1.29 is 14.4 Å². The maximum absolute atomic E-state index is 13.4. The van der Waals surface area contributed by atoms with Crippen LogP contribution in [-0.2, 0) is 18.3 Å². The fourth-order valence-corrected chi connectivity index (χ4v) is 5.51. The molecule has 0 unspecified atom stereocenters. The minimum absolute atomic E-state index is 0.0296. The van der Waals surface area contributed by atoms with Gasteiger partial charge in [0, 0.05) is 68.8 Å². The number of imide groups is 1. The number of likely N-dealkylation sites (N-methyl/N-ethyl adjacent to an activating group) is 1. The third-order valence-corrected chi connectivity index (χ3v) is 8.06. The summed E-state index contributed by atoms with van der Waals surface area (Å²) in [7, 11) is 3.91. The van der Waals surface area contributed by atoms with Crippen LogP contribution in [0.1, 0.15) is 32.1 Å². The summed E-state index contributed by atoms with van der Waals surface area (Å²) >= 11 is 0. The van der Waals surface area contributed by atoms with E-state index >= 15 is 0 Å². The van der Waals surface area contributed by atoms with Crippen molar-refractivity contribution in [2.24, 2.45) is 7.05 Å². The number of imidazole rings is 1. The van der Waals surface area contributed by atoms with Gasteiger partial charge in [-0.05, 0) is 43.8 Å². The van der Waals surface area contributed by atoms with E-state index in [0.717, 1.165) is 48.7 Å². The van der Waals surface area contributed by atoms with Crippen LogP contribution in [0.5, 0.6) is 0 Å². The molecule has 1 aliphatic heterocycles. The number of anilines is 2. The quantitative estimate of drug-likeness (QED) is 0.255. The number of pyridine rings is 2. The fourth-order valence-electron chi connectivity index (χ4n) is 5.51. The molecule has 13 nitrogen and oxygen atoms in total. The molecule has 1 saturated heterocycles. The second kappa shape index (κ2) is 12.2. The van der Waals surface area contributed by atoms with Gasteiger partial charge in [-0.1, -0.05) is 18.2 Å². The Morgan fingerprint density at radius 3 is 2.53 bits per heavy atom. The number of fused-ring (bicyclic) bond motifs is 1. The zero-order valence-corrected chi connectivity index (χ0v) is 25.2. The number of carbonyl (C=O) groups is 3. The number of para-hydroxylation sites is 1. The average Bonchev–Trinajstić information content (AvgIpc) is 3.65. The van der Waals surface area contributed by atoms with Gasteiger partial charge in [-0.2, -0.15) is 5.10 Å². The molecular formula is C32H33N9O4. The lowest BCUT2D eigenvalue weighted by Crippen LogP contribution is -2.45. The number of H-pyrrole nitrogens is 1. The van der Waals surface area contributed by atoms with E-state index in [9.17, 15) is 19.2 Å². The number of amides is 3. The lowest BCUT2D eigenvalue weighted by molar-refractivity contribution is -0.119. The van der Waals surface area contributed by atoms with E-state index < -0.39 is 23.2 Å². The Bertz CT molecular complexity index is 1980. The van der Waals surface area contributed by atoms with Gasteiger partial charge in [-0.3, -0.25) is 33.6 Å². The highest BCUT2D eigenvalue weighted by Crippen LogP contribution is 2.23. The van der Waals surface area contributed by atoms with Crippen LogP contribution < -0.4 is 21.0 Å². The number of rotatable bonds is 7. The highest BCUT2D eigenvalue weighted by Gasteiger charge is 2.23. The molecule has 230 valence electrons. The smallest absolute Gasteiger partial charge is 0.274 e. The van der Waals surface area contributed by atoms with E-state index in [0.29, 0.717) is 11.3 Å². The summed E-state index contributed by atoms with van der Waals surface area (Å²) in [6.45, 7) is 5.11. The van der Waals surface area contributed by atoms with Crippen molar-refractivity contribution in [1.82, 2.24) is 34.4 Å². The molecule has 3 amide bonds. The molecular weight excluding hydrogens is 574 g/mol. The Balaban J connectivity index is 1.17. The number of nitrogens with zero attached hydrogens (tertiary/aromatic N) is 6. The van der Waals surface area contributed by atoms with Crippen molar-refractivity contribution in [3.63, 3.8) is 0 Å². The number of benzene rings is 1. The molecule has 1 fully saturated rings. The number of nitrogens with one attached hydrogen (secondary N) is 3. The molecule has 13 heteroatoms. The van der Waals surface area contributed by atoms with E-state index in [2.05, 4.69) is 42.5 Å². The molecule has 1 aromatic carbocycles. The van der Waals surface area contributed by atoms with Gasteiger partial charge in [0.1, 0.15) is 22.6 Å². The average molecular weight is 608 g/mol. The van der Waals surface area contributed by atoms with Crippen LogP contribution >= 0.6 is 0 Å². The van der Waals surface area contributed by atoms with Crippen molar-refractivity contribution in [2.45, 2.75) is 13.3 Å². The van der Waals surface area contributed by atoms with E-state index in [4.69, 9.17) is 0 Å². The molecule has 0 spiro atoms. The Morgan fingerprint density at radius 1 is 1.00 bits per heavy atom. The van der Waals surface area contributed by atoms with E-state index in [1.807, 2.05) is 49.5 Å². The number of piperazine rings is 1. The minimum Gasteiger partial charge on any atom is -0.369 e. The van der Waals surface area contributed by atoms with Gasteiger partial charge in [0.15, 0.2) is 0 Å². The summed E-state index contributed by atoms with van der Waals surface area (Å²) in [6, 6.07) is 13.2. The first kappa shape index (κ1) is 29.5. The number of aryl methyl sites for hydroxylation is 2. The zero-order chi connectivity index (χ0) is 31.7. The molecule has 0 radical (unpaired) electrons. The van der Waals surface area contributed by atoms with Gasteiger partial charge in [0.05, 0.1) is 18.3 Å². The molecule has 1 aliphatic rings. The second-order valence-corrected chi connectivity index (χ2v) is 11.1. The van der Waals surface area contributed by atoms with Crippen molar-refractivity contribution in [1.29, 1.82) is 0 Å². The lowest BCUT2D eigenvalue weighted by Gasteiger charge is -2.35. The van der Waals surface area contributed by atoms with Crippen LogP contribution in [0.15, 0.2) is 72.0 Å². The first-order valence-electron chi connectivity index (χ1n) is 14.5. The number of hydrogen-bond donors (Lipinski definition) is 3. The third-order valence-electron chi connectivity index (χ3n) is 8.06. The molecule has 4 aromatic heterocycles. The first-order valence-corrected chi connectivity index (χ1v) is 14.5. The summed E-state index contributed by atoms with van der Waals surface area (Å²) in [4.78, 5) is 64.4. The number of hydrogen-bond acceptors (Lipinski definition) is 8. The molecule has 0 aliphatic carbocycles. The number of aromatic nitrogens is 5. The predicted molar refractivity (Wildman–Crippen MR) is 169 cm³/mol. The maximum atomic E-state index is 13.4. The van der Waals surface area contributed by atoms with Gasteiger partial charge in [-0.15, -0.1) is 0 Å². The van der Waals surface area contributed by atoms with Crippen LogP contribution in [0.25, 0.3) is 16.9 Å². The molecule has 0 atom stereocenters. The van der Waals surface area contributed by atoms with Gasteiger partial charge in [-0.25, -0.2) is 4.98 Å². The molecule has 5 aromatic rings. The molecule has 0 saturated carbocycles. The van der Waals surface area contributed by atoms with E-state index in [1.165, 1.54) is 12.4 Å². The Kier molecular flexibility index (Phi) is 8.00. The van der Waals surface area contributed by atoms with Gasteiger partial charge in [0.25, 0.3) is 11.8 Å². The Morgan fingerprint density at radius 2 is 1.78 bits per heavy atom. The van der Waals surface area contributed by atoms with Crippen LogP contribution in [0.3, 0.4) is 0 Å². The fraction of sp³-hybridized carbons (Fsp3) is 0.250. The van der Waals surface area contributed by atoms with Crippen molar-refractivity contribution in [3.05, 3.63) is 100.0 Å². The molecule has 45 heavy (non-hydrogen) atoms. The summed E-state index contributed by atoms with van der Waals surface area (Å²) in [5.74, 6) is -1.98. The van der Waals surface area contributed by atoms with E-state index in [1.54, 1.807) is 28.4 Å². The third kappa shape index (κ3) is 5.97. The summed E-state index contributed by atoms with van der Waals surface area (Å²) in [6.07, 6.45) is 6.04. The van der Waals surface area contributed by atoms with Gasteiger partial charge >= 0.3 is 0 Å². The monoisotopic (exact) mass is 607 g/mol. The Hall–Kier alpha value is -5.56. The summed E-state index contributed by atoms with van der Waals surface area (Å²) in [5, 5.41) is 9.16. The topological polar surface area (TPSA) is 150 Å². The first-order chi connectivity index (χ1) is 21.7. The van der Waals surface area contributed by atoms with Crippen LogP contribution in [0.4, 0.5) is 11.4 Å². The highest BCUT2D eigenvalue weighted by atomic mass is 16.2. The maximum Gasteiger partial charge on any atom is 0.274 e. The normalized spacial score (nSPS) is 13.6. The summed E-state index contributed by atoms with van der Waals surface area (Å²) in [5.41, 5.74) is 3.49. The van der Waals surface area contributed by atoms with Crippen molar-refractivity contribution in [2.75, 3.05) is 43.4 Å². The zero-order valence-electron chi connectivity index (χ0n) is 25.2. The molecule has 6 rings (SSSR count). The Labute approximate surface area is 258 Å². The van der Waals surface area contributed by atoms with Gasteiger partial charge < -0.3 is 20.1 Å². The van der Waals surface area contributed by atoms with Crippen LogP contribution in [-0.4, -0.2) is 80.0 Å². The highest BCUT2D eigenvalue weighted by molar-refractivity contribution is 6.07. The van der Waals surface area contributed by atoms with Gasteiger partial charge in [0.2, 0.25) is 11.3 Å². The molecule has 5 heterocycles. The SMILES string of the molecule is Cc1[nH]cc(C(=O)NC(=O)Cc2ccccc2N2CCN(C)CC2)c(=O)c1NC(=O)c1cnc2cc(-c3ccnn3C)ccn12. The molecule has 3 N–H and O–H groups in total. The number of carbonyl (C=O) groups excluding carboxylic acids is 3. The van der Waals surface area contributed by atoms with Crippen LogP contribution in [0.2, 0.25) is 0 Å². The standard InChI is InChI=1S/C32H33N9O4/c1-20-29(37-32(45)26-19-34-27-16-22(9-11-41(26)27)24-8-10-35-39(24)3)30(43)23(18-33-20)31(44)36-28(42)17-21-6-4-5-7-25(21)40-14-12-38(2)13-15-40/h4-11,16,18-19H,12-15,17H2,1-3H3,(H,33,43)(H,37,45)(H,36,42,44). The lowest BCUT2D eigenvalue weighted by atomic mass is 10.1.